The molecule has 0 radical (unpaired) electrons. The molecule has 1 heterocycles. The van der Waals surface area contributed by atoms with Crippen molar-refractivity contribution >= 4 is 11.3 Å². The summed E-state index contributed by atoms with van der Waals surface area (Å²) < 4.78 is 42.2. The molecule has 0 saturated carbocycles. The number of alkyl halides is 3. The van der Waals surface area contributed by atoms with Gasteiger partial charge in [0, 0.05) is 29.7 Å². The molecule has 132 valence electrons. The zero-order valence-electron chi connectivity index (χ0n) is 13.3. The van der Waals surface area contributed by atoms with Crippen molar-refractivity contribution in [3.63, 3.8) is 0 Å². The summed E-state index contributed by atoms with van der Waals surface area (Å²) in [6.07, 6.45) is -1.87. The Balaban J connectivity index is 1.76. The lowest BCUT2D eigenvalue weighted by atomic mass is 10.2. The zero-order chi connectivity index (χ0) is 17.6. The quantitative estimate of drug-likeness (QED) is 0.733. The Hall–Kier alpha value is -1.64. The van der Waals surface area contributed by atoms with Gasteiger partial charge in [0.1, 0.15) is 10.8 Å². The van der Waals surface area contributed by atoms with Crippen molar-refractivity contribution in [2.24, 2.45) is 5.73 Å². The third kappa shape index (κ3) is 6.10. The Labute approximate surface area is 143 Å². The van der Waals surface area contributed by atoms with Gasteiger partial charge in [-0.15, -0.1) is 11.3 Å². The molecule has 2 rings (SSSR count). The maximum absolute atomic E-state index is 12.2. The number of halogens is 3. The van der Waals surface area contributed by atoms with Crippen molar-refractivity contribution in [2.75, 3.05) is 26.7 Å². The highest BCUT2D eigenvalue weighted by Crippen LogP contribution is 2.26. The van der Waals surface area contributed by atoms with E-state index in [4.69, 9.17) is 10.5 Å². The molecule has 0 bridgehead atoms. The normalized spacial score (nSPS) is 11.9. The fourth-order valence-electron chi connectivity index (χ4n) is 2.14. The second kappa shape index (κ2) is 8.46. The van der Waals surface area contributed by atoms with E-state index in [0.29, 0.717) is 31.9 Å². The molecule has 4 nitrogen and oxygen atoms in total. The molecule has 0 atom stereocenters. The topological polar surface area (TPSA) is 51.4 Å². The van der Waals surface area contributed by atoms with Gasteiger partial charge in [0.05, 0.1) is 13.2 Å². The van der Waals surface area contributed by atoms with Crippen LogP contribution in [0.1, 0.15) is 11.3 Å². The number of rotatable bonds is 8. The van der Waals surface area contributed by atoms with Crippen LogP contribution in [-0.2, 0) is 6.54 Å². The van der Waals surface area contributed by atoms with E-state index in [1.807, 2.05) is 24.3 Å². The van der Waals surface area contributed by atoms with Gasteiger partial charge < -0.3 is 10.5 Å². The van der Waals surface area contributed by atoms with Crippen molar-refractivity contribution in [3.05, 3.63) is 35.3 Å². The van der Waals surface area contributed by atoms with Crippen LogP contribution < -0.4 is 10.5 Å². The van der Waals surface area contributed by atoms with Crippen LogP contribution in [-0.4, -0.2) is 42.8 Å². The molecule has 2 aromatic rings. The Kier molecular flexibility index (Phi) is 6.59. The van der Waals surface area contributed by atoms with Crippen LogP contribution in [0, 0.1) is 0 Å². The second-order valence-corrected chi connectivity index (χ2v) is 6.53. The molecule has 2 N–H and O–H groups in total. The van der Waals surface area contributed by atoms with Gasteiger partial charge in [-0.25, -0.2) is 4.98 Å². The van der Waals surface area contributed by atoms with Gasteiger partial charge in [0.15, 0.2) is 0 Å². The number of ether oxygens (including phenoxy) is 1. The van der Waals surface area contributed by atoms with Crippen molar-refractivity contribution in [3.8, 4) is 16.3 Å². The monoisotopic (exact) mass is 359 g/mol. The first-order valence-corrected chi connectivity index (χ1v) is 8.32. The molecule has 1 aromatic heterocycles. The first kappa shape index (κ1) is 18.7. The van der Waals surface area contributed by atoms with E-state index in [-0.39, 0.29) is 0 Å². The summed E-state index contributed by atoms with van der Waals surface area (Å²) >= 11 is 1.55. The van der Waals surface area contributed by atoms with Gasteiger partial charge in [-0.1, -0.05) is 0 Å². The molecule has 0 aliphatic carbocycles. The number of aromatic nitrogens is 1. The van der Waals surface area contributed by atoms with Gasteiger partial charge in [0.2, 0.25) is 0 Å². The number of thiazole rings is 1. The van der Waals surface area contributed by atoms with Gasteiger partial charge in [-0.3, -0.25) is 4.90 Å². The van der Waals surface area contributed by atoms with E-state index in [2.05, 4.69) is 4.98 Å². The van der Waals surface area contributed by atoms with Crippen LogP contribution in [0.5, 0.6) is 5.75 Å². The molecule has 8 heteroatoms. The Morgan fingerprint density at radius 2 is 1.96 bits per heavy atom. The highest BCUT2D eigenvalue weighted by atomic mass is 32.1. The van der Waals surface area contributed by atoms with E-state index >= 15 is 0 Å². The SMILES string of the molecule is CN(CCCOc1ccc(-c2ncc(CN)s2)cc1)CC(F)(F)F. The van der Waals surface area contributed by atoms with Crippen molar-refractivity contribution < 1.29 is 17.9 Å². The lowest BCUT2D eigenvalue weighted by Crippen LogP contribution is -2.32. The lowest BCUT2D eigenvalue weighted by Gasteiger charge is -2.18. The average molecular weight is 359 g/mol. The van der Waals surface area contributed by atoms with Crippen LogP contribution in [0.3, 0.4) is 0 Å². The van der Waals surface area contributed by atoms with E-state index in [9.17, 15) is 13.2 Å². The van der Waals surface area contributed by atoms with Gasteiger partial charge >= 0.3 is 6.18 Å². The standard InChI is InChI=1S/C16H20F3N3OS/c1-22(11-16(17,18)19)7-2-8-23-13-5-3-12(4-6-13)15-21-10-14(9-20)24-15/h3-6,10H,2,7-9,11,20H2,1H3. The number of hydrogen-bond acceptors (Lipinski definition) is 5. The fraction of sp³-hybridized carbons (Fsp3) is 0.438. The Bertz CT molecular complexity index is 628. The molecule has 0 spiro atoms. The van der Waals surface area contributed by atoms with Gasteiger partial charge in [0.25, 0.3) is 0 Å². The van der Waals surface area contributed by atoms with E-state index in [1.165, 1.54) is 11.9 Å². The summed E-state index contributed by atoms with van der Waals surface area (Å²) in [5.41, 5.74) is 6.56. The number of benzene rings is 1. The highest BCUT2D eigenvalue weighted by molar-refractivity contribution is 7.15. The summed E-state index contributed by atoms with van der Waals surface area (Å²) in [6, 6.07) is 7.48. The Morgan fingerprint density at radius 3 is 2.54 bits per heavy atom. The minimum atomic E-state index is -4.16. The molecule has 1 aromatic carbocycles. The summed E-state index contributed by atoms with van der Waals surface area (Å²) in [7, 11) is 1.45. The van der Waals surface area contributed by atoms with Crippen molar-refractivity contribution in [1.82, 2.24) is 9.88 Å². The molecule has 0 fully saturated rings. The Morgan fingerprint density at radius 1 is 1.25 bits per heavy atom. The molecule has 0 aliphatic rings. The van der Waals surface area contributed by atoms with Crippen LogP contribution >= 0.6 is 11.3 Å². The highest BCUT2D eigenvalue weighted by Gasteiger charge is 2.28. The van der Waals surface area contributed by atoms with Crippen LogP contribution in [0.25, 0.3) is 10.6 Å². The largest absolute Gasteiger partial charge is 0.494 e. The molecule has 24 heavy (non-hydrogen) atoms. The van der Waals surface area contributed by atoms with Crippen molar-refractivity contribution in [2.45, 2.75) is 19.1 Å². The summed E-state index contributed by atoms with van der Waals surface area (Å²) in [4.78, 5) is 6.57. The minimum absolute atomic E-state index is 0.332. The number of hydrogen-bond donors (Lipinski definition) is 1. The van der Waals surface area contributed by atoms with Crippen LogP contribution in [0.15, 0.2) is 30.5 Å². The fourth-order valence-corrected chi connectivity index (χ4v) is 2.94. The second-order valence-electron chi connectivity index (χ2n) is 5.42. The van der Waals surface area contributed by atoms with Gasteiger partial charge in [-0.05, 0) is 37.7 Å². The molecular weight excluding hydrogens is 339 g/mol. The molecule has 0 saturated heterocycles. The number of nitrogens with two attached hydrogens (primary N) is 1. The van der Waals surface area contributed by atoms with Gasteiger partial charge in [-0.2, -0.15) is 13.2 Å². The van der Waals surface area contributed by atoms with E-state index < -0.39 is 12.7 Å². The van der Waals surface area contributed by atoms with Crippen molar-refractivity contribution in [1.29, 1.82) is 0 Å². The molecular formula is C16H20F3N3OS. The summed E-state index contributed by atoms with van der Waals surface area (Å²) in [6.45, 7) is 0.274. The summed E-state index contributed by atoms with van der Waals surface area (Å²) in [5.74, 6) is 0.688. The van der Waals surface area contributed by atoms with Crippen LogP contribution in [0.2, 0.25) is 0 Å². The van der Waals surface area contributed by atoms with E-state index in [0.717, 1.165) is 15.4 Å². The zero-order valence-corrected chi connectivity index (χ0v) is 14.2. The number of nitrogens with zero attached hydrogens (tertiary/aromatic N) is 2. The average Bonchev–Trinajstić information content (AvgIpc) is 2.99. The smallest absolute Gasteiger partial charge is 0.401 e. The molecule has 0 aliphatic heterocycles. The maximum atomic E-state index is 12.2. The molecule has 0 unspecified atom stereocenters. The van der Waals surface area contributed by atoms with Crippen LogP contribution in [0.4, 0.5) is 13.2 Å². The predicted octanol–water partition coefficient (Wildman–Crippen LogP) is 3.53. The summed E-state index contributed by atoms with van der Waals surface area (Å²) in [5, 5.41) is 0.899. The predicted molar refractivity (Wildman–Crippen MR) is 89.1 cm³/mol. The lowest BCUT2D eigenvalue weighted by molar-refractivity contribution is -0.143. The molecule has 0 amide bonds. The minimum Gasteiger partial charge on any atom is -0.494 e. The maximum Gasteiger partial charge on any atom is 0.401 e. The third-order valence-electron chi connectivity index (χ3n) is 3.26. The third-order valence-corrected chi connectivity index (χ3v) is 4.33. The first-order chi connectivity index (χ1) is 11.4. The first-order valence-electron chi connectivity index (χ1n) is 7.50. The van der Waals surface area contributed by atoms with E-state index in [1.54, 1.807) is 17.5 Å².